The van der Waals surface area contributed by atoms with Crippen molar-refractivity contribution in [2.45, 2.75) is 52.7 Å². The second kappa shape index (κ2) is 10.7. The van der Waals surface area contributed by atoms with Gasteiger partial charge in [0.25, 0.3) is 0 Å². The molecule has 0 aromatic heterocycles. The Balaban J connectivity index is 1.86. The predicted molar refractivity (Wildman–Crippen MR) is 108 cm³/mol. The van der Waals surface area contributed by atoms with Gasteiger partial charge >= 0.3 is 5.97 Å². The Morgan fingerprint density at radius 3 is 2.56 bits per heavy atom. The highest BCUT2D eigenvalue weighted by molar-refractivity contribution is 5.85. The molecule has 1 heterocycles. The molecule has 1 atom stereocenters. The summed E-state index contributed by atoms with van der Waals surface area (Å²) < 4.78 is 16.3. The van der Waals surface area contributed by atoms with Crippen LogP contribution in [0.25, 0.3) is 0 Å². The summed E-state index contributed by atoms with van der Waals surface area (Å²) in [5.74, 6) is 0.629. The molecule has 27 heavy (non-hydrogen) atoms. The summed E-state index contributed by atoms with van der Waals surface area (Å²) in [4.78, 5) is 11.1. The van der Waals surface area contributed by atoms with Crippen molar-refractivity contribution in [3.05, 3.63) is 64.8 Å². The molecule has 4 nitrogen and oxygen atoms in total. The standard InChI is InChI=1S/C23H30O4/c1-17(2)12-22(26-15-19-8-10-21(25-4)11-9-19)13-18(3)6-5-7-20-14-23(24)27-16-20/h6,8-12,14,22H,5,7,13,15-16H2,1-4H3/b18-6-. The van der Waals surface area contributed by atoms with Gasteiger partial charge < -0.3 is 14.2 Å². The Labute approximate surface area is 162 Å². The number of carbonyl (C=O) groups excluding carboxylic acids is 1. The number of cyclic esters (lactones) is 1. The molecule has 1 aliphatic heterocycles. The van der Waals surface area contributed by atoms with Gasteiger partial charge in [-0.1, -0.05) is 35.4 Å². The van der Waals surface area contributed by atoms with Gasteiger partial charge in [-0.3, -0.25) is 0 Å². The average Bonchev–Trinajstić information content (AvgIpc) is 3.05. The van der Waals surface area contributed by atoms with Crippen molar-refractivity contribution in [1.29, 1.82) is 0 Å². The van der Waals surface area contributed by atoms with Crippen molar-refractivity contribution in [2.75, 3.05) is 13.7 Å². The minimum Gasteiger partial charge on any atom is -0.497 e. The van der Waals surface area contributed by atoms with Crippen LogP contribution in [0, 0.1) is 0 Å². The predicted octanol–water partition coefficient (Wildman–Crippen LogP) is 5.15. The van der Waals surface area contributed by atoms with Crippen molar-refractivity contribution in [3.63, 3.8) is 0 Å². The van der Waals surface area contributed by atoms with E-state index in [-0.39, 0.29) is 12.1 Å². The third kappa shape index (κ3) is 7.83. The maximum Gasteiger partial charge on any atom is 0.331 e. The Bertz CT molecular complexity index is 706. The van der Waals surface area contributed by atoms with E-state index in [4.69, 9.17) is 14.2 Å². The Morgan fingerprint density at radius 2 is 1.96 bits per heavy atom. The van der Waals surface area contributed by atoms with E-state index in [2.05, 4.69) is 32.9 Å². The molecule has 1 unspecified atom stereocenters. The SMILES string of the molecule is COc1ccc(COC(C=C(C)C)C/C(C)=C\CCC2=CC(=O)OC2)cc1. The molecule has 4 heteroatoms. The zero-order valence-corrected chi connectivity index (χ0v) is 16.8. The molecule has 1 aromatic rings. The van der Waals surface area contributed by atoms with Gasteiger partial charge in [-0.15, -0.1) is 0 Å². The molecule has 0 spiro atoms. The van der Waals surface area contributed by atoms with Gasteiger partial charge in [0.05, 0.1) is 19.8 Å². The van der Waals surface area contributed by atoms with E-state index in [0.717, 1.165) is 36.1 Å². The fourth-order valence-corrected chi connectivity index (χ4v) is 2.93. The third-order valence-corrected chi connectivity index (χ3v) is 4.35. The lowest BCUT2D eigenvalue weighted by Gasteiger charge is -2.16. The average molecular weight is 370 g/mol. The van der Waals surface area contributed by atoms with Crippen LogP contribution in [-0.2, 0) is 20.9 Å². The van der Waals surface area contributed by atoms with Crippen LogP contribution in [0.3, 0.4) is 0 Å². The highest BCUT2D eigenvalue weighted by Crippen LogP contribution is 2.18. The van der Waals surface area contributed by atoms with Crippen LogP contribution in [-0.4, -0.2) is 25.8 Å². The monoisotopic (exact) mass is 370 g/mol. The summed E-state index contributed by atoms with van der Waals surface area (Å²) in [5, 5.41) is 0. The molecular formula is C23H30O4. The van der Waals surface area contributed by atoms with Gasteiger partial charge in [0.2, 0.25) is 0 Å². The van der Waals surface area contributed by atoms with Crippen LogP contribution >= 0.6 is 0 Å². The molecule has 0 amide bonds. The molecular weight excluding hydrogens is 340 g/mol. The number of hydrogen-bond donors (Lipinski definition) is 0. The normalized spacial score (nSPS) is 15.2. The smallest absolute Gasteiger partial charge is 0.331 e. The number of esters is 1. The third-order valence-electron chi connectivity index (χ3n) is 4.35. The van der Waals surface area contributed by atoms with E-state index < -0.39 is 0 Å². The fraction of sp³-hybridized carbons (Fsp3) is 0.435. The summed E-state index contributed by atoms with van der Waals surface area (Å²) in [6.45, 7) is 7.32. The second-order valence-electron chi connectivity index (χ2n) is 7.15. The Morgan fingerprint density at radius 1 is 1.22 bits per heavy atom. The van der Waals surface area contributed by atoms with E-state index in [1.807, 2.05) is 24.3 Å². The lowest BCUT2D eigenvalue weighted by Crippen LogP contribution is -2.11. The molecule has 0 radical (unpaired) electrons. The molecule has 0 saturated heterocycles. The second-order valence-corrected chi connectivity index (χ2v) is 7.15. The van der Waals surface area contributed by atoms with E-state index in [9.17, 15) is 4.79 Å². The van der Waals surface area contributed by atoms with Crippen LogP contribution in [0.1, 0.15) is 45.6 Å². The lowest BCUT2D eigenvalue weighted by molar-refractivity contribution is -0.134. The van der Waals surface area contributed by atoms with Crippen molar-refractivity contribution in [1.82, 2.24) is 0 Å². The first-order valence-corrected chi connectivity index (χ1v) is 9.37. The van der Waals surface area contributed by atoms with Crippen molar-refractivity contribution in [2.24, 2.45) is 0 Å². The molecule has 2 rings (SSSR count). The van der Waals surface area contributed by atoms with E-state index >= 15 is 0 Å². The zero-order valence-electron chi connectivity index (χ0n) is 16.8. The minimum atomic E-state index is -0.221. The van der Waals surface area contributed by atoms with Gasteiger partial charge in [0.15, 0.2) is 0 Å². The van der Waals surface area contributed by atoms with E-state index in [1.165, 1.54) is 11.1 Å². The fourth-order valence-electron chi connectivity index (χ4n) is 2.93. The van der Waals surface area contributed by atoms with Crippen LogP contribution in [0.15, 0.2) is 59.2 Å². The highest BCUT2D eigenvalue weighted by atomic mass is 16.5. The molecule has 0 aliphatic carbocycles. The number of ether oxygens (including phenoxy) is 3. The van der Waals surface area contributed by atoms with Crippen molar-refractivity contribution < 1.29 is 19.0 Å². The number of methoxy groups -OCH3 is 1. The summed E-state index contributed by atoms with van der Waals surface area (Å²) in [6.07, 6.45) is 8.68. The number of carbonyl (C=O) groups is 1. The largest absolute Gasteiger partial charge is 0.497 e. The topological polar surface area (TPSA) is 44.8 Å². The molecule has 0 fully saturated rings. The number of rotatable bonds is 10. The van der Waals surface area contributed by atoms with E-state index in [0.29, 0.717) is 13.2 Å². The first-order valence-electron chi connectivity index (χ1n) is 9.37. The van der Waals surface area contributed by atoms with Crippen LogP contribution in [0.4, 0.5) is 0 Å². The summed E-state index contributed by atoms with van der Waals surface area (Å²) in [5.41, 5.74) is 4.73. The summed E-state index contributed by atoms with van der Waals surface area (Å²) >= 11 is 0. The molecule has 0 N–H and O–H groups in total. The first kappa shape index (κ1) is 21.0. The lowest BCUT2D eigenvalue weighted by atomic mass is 10.0. The maximum atomic E-state index is 11.1. The minimum absolute atomic E-state index is 0.0453. The molecule has 0 bridgehead atoms. The molecule has 1 aliphatic rings. The summed E-state index contributed by atoms with van der Waals surface area (Å²) in [7, 11) is 1.67. The Kier molecular flexibility index (Phi) is 8.34. The van der Waals surface area contributed by atoms with Crippen molar-refractivity contribution in [3.8, 4) is 5.75 Å². The van der Waals surface area contributed by atoms with Crippen LogP contribution in [0.5, 0.6) is 5.75 Å². The number of benzene rings is 1. The summed E-state index contributed by atoms with van der Waals surface area (Å²) in [6, 6.07) is 7.96. The zero-order chi connectivity index (χ0) is 19.6. The van der Waals surface area contributed by atoms with E-state index in [1.54, 1.807) is 13.2 Å². The van der Waals surface area contributed by atoms with Gasteiger partial charge in [0.1, 0.15) is 12.4 Å². The highest BCUT2D eigenvalue weighted by Gasteiger charge is 2.12. The van der Waals surface area contributed by atoms with Gasteiger partial charge in [-0.05, 0) is 63.3 Å². The van der Waals surface area contributed by atoms with Gasteiger partial charge in [0, 0.05) is 6.08 Å². The molecule has 0 saturated carbocycles. The number of allylic oxidation sites excluding steroid dienone is 2. The number of hydrogen-bond acceptors (Lipinski definition) is 4. The Hall–Kier alpha value is -2.33. The first-order chi connectivity index (χ1) is 13.0. The van der Waals surface area contributed by atoms with Crippen molar-refractivity contribution >= 4 is 5.97 Å². The van der Waals surface area contributed by atoms with Crippen LogP contribution in [0.2, 0.25) is 0 Å². The van der Waals surface area contributed by atoms with Gasteiger partial charge in [-0.25, -0.2) is 4.79 Å². The quantitative estimate of drug-likeness (QED) is 0.422. The van der Waals surface area contributed by atoms with Gasteiger partial charge in [-0.2, -0.15) is 0 Å². The molecule has 146 valence electrons. The molecule has 1 aromatic carbocycles. The van der Waals surface area contributed by atoms with Crippen LogP contribution < -0.4 is 4.74 Å². The maximum absolute atomic E-state index is 11.1.